The summed E-state index contributed by atoms with van der Waals surface area (Å²) in [6.45, 7) is 2.33. The van der Waals surface area contributed by atoms with Crippen LogP contribution in [0.4, 0.5) is 0 Å². The van der Waals surface area contributed by atoms with Crippen molar-refractivity contribution in [3.05, 3.63) is 0 Å². The fourth-order valence-corrected chi connectivity index (χ4v) is 5.66. The van der Waals surface area contributed by atoms with Crippen LogP contribution in [0.25, 0.3) is 0 Å². The Labute approximate surface area is 280 Å². The largest absolute Gasteiger partial charge is 0.756 e. The molecule has 0 aromatic rings. The number of aliphatic hydroxyl groups excluding tert-OH is 2. The highest BCUT2D eigenvalue weighted by Gasteiger charge is 2.18. The topological polar surface area (TPSA) is 188 Å². The van der Waals surface area contributed by atoms with Gasteiger partial charge >= 0.3 is 11.9 Å². The molecule has 1 unspecified atom stereocenters. The molecule has 46 heavy (non-hydrogen) atoms. The lowest BCUT2D eigenvalue weighted by atomic mass is 10.1. The molecule has 0 rings (SSSR count). The van der Waals surface area contributed by atoms with Gasteiger partial charge in [0, 0.05) is 12.8 Å². The second-order valence-corrected chi connectivity index (χ2v) is 13.7. The Hall–Kier alpha value is -1.07. The van der Waals surface area contributed by atoms with Crippen molar-refractivity contribution in [3.8, 4) is 0 Å². The summed E-state index contributed by atoms with van der Waals surface area (Å²) in [4.78, 5) is 35.7. The first-order valence-electron chi connectivity index (χ1n) is 18.0. The molecule has 3 atom stereocenters. The lowest BCUT2D eigenvalue weighted by Crippen LogP contribution is -2.27. The van der Waals surface area contributed by atoms with Crippen molar-refractivity contribution in [2.75, 3.05) is 26.4 Å². The SMILES string of the molecule is CCCCCCCCCCCCCC(=O)OC[C@@H](O)COP(=O)([O-])OC[C@@H](O)COC(=O)CCCCCCCCCCCCC.[NH4+]. The van der Waals surface area contributed by atoms with Gasteiger partial charge in [-0.3, -0.25) is 14.2 Å². The maximum absolute atomic E-state index is 11.9. The number of esters is 2. The van der Waals surface area contributed by atoms with Crippen LogP contribution in [0.15, 0.2) is 0 Å². The number of carbonyl (C=O) groups excluding carboxylic acids is 2. The summed E-state index contributed by atoms with van der Waals surface area (Å²) in [6, 6.07) is 0. The molecule has 0 radical (unpaired) electrons. The molecule has 276 valence electrons. The van der Waals surface area contributed by atoms with Gasteiger partial charge in [0.25, 0.3) is 7.82 Å². The van der Waals surface area contributed by atoms with E-state index in [1.54, 1.807) is 0 Å². The summed E-state index contributed by atoms with van der Waals surface area (Å²) in [6.07, 6.45) is 23.6. The molecule has 0 amide bonds. The third kappa shape index (κ3) is 34.3. The van der Waals surface area contributed by atoms with Crippen LogP contribution in [0.3, 0.4) is 0 Å². The summed E-state index contributed by atoms with van der Waals surface area (Å²) >= 11 is 0. The molecule has 12 heteroatoms. The number of phosphoric ester groups is 1. The average molecular weight is 684 g/mol. The Kier molecular flexibility index (Phi) is 34.6. The smallest absolute Gasteiger partial charge is 0.305 e. The molecular formula is C34H70NO10P. The van der Waals surface area contributed by atoms with Crippen LogP contribution < -0.4 is 11.0 Å². The van der Waals surface area contributed by atoms with Gasteiger partial charge in [0.1, 0.15) is 25.4 Å². The molecule has 0 aliphatic carbocycles. The van der Waals surface area contributed by atoms with Crippen molar-refractivity contribution >= 4 is 19.8 Å². The maximum atomic E-state index is 11.9. The molecule has 0 aliphatic rings. The van der Waals surface area contributed by atoms with E-state index in [0.29, 0.717) is 12.8 Å². The minimum absolute atomic E-state index is 0. The first-order chi connectivity index (χ1) is 21.7. The second-order valence-electron chi connectivity index (χ2n) is 12.3. The fourth-order valence-electron chi connectivity index (χ4n) is 4.88. The van der Waals surface area contributed by atoms with Gasteiger partial charge in [0.15, 0.2) is 0 Å². The number of phosphoric acid groups is 1. The summed E-state index contributed by atoms with van der Waals surface area (Å²) in [7, 11) is -4.83. The Morgan fingerprint density at radius 1 is 0.522 bits per heavy atom. The predicted octanol–water partition coefficient (Wildman–Crippen LogP) is 8.07. The maximum Gasteiger partial charge on any atom is 0.305 e. The number of quaternary nitrogens is 1. The molecule has 0 fully saturated rings. The molecule has 11 nitrogen and oxygen atoms in total. The summed E-state index contributed by atoms with van der Waals surface area (Å²) in [5.74, 6) is -0.902. The summed E-state index contributed by atoms with van der Waals surface area (Å²) in [5.41, 5.74) is 0. The number of unbranched alkanes of at least 4 members (excludes halogenated alkanes) is 20. The first-order valence-corrected chi connectivity index (χ1v) is 19.4. The van der Waals surface area contributed by atoms with E-state index >= 15 is 0 Å². The lowest BCUT2D eigenvalue weighted by Gasteiger charge is -2.25. The van der Waals surface area contributed by atoms with E-state index in [2.05, 4.69) is 22.9 Å². The zero-order chi connectivity index (χ0) is 33.4. The predicted molar refractivity (Wildman–Crippen MR) is 182 cm³/mol. The minimum atomic E-state index is -4.83. The Bertz CT molecular complexity index is 687. The first kappa shape index (κ1) is 47.0. The van der Waals surface area contributed by atoms with Crippen molar-refractivity contribution in [2.24, 2.45) is 0 Å². The zero-order valence-corrected chi connectivity index (χ0v) is 30.5. The van der Waals surface area contributed by atoms with E-state index in [9.17, 15) is 29.3 Å². The Morgan fingerprint density at radius 3 is 1.07 bits per heavy atom. The Balaban J connectivity index is 0. The second kappa shape index (κ2) is 33.8. The molecule has 0 aromatic heterocycles. The molecular weight excluding hydrogens is 613 g/mol. The number of carbonyl (C=O) groups is 2. The lowest BCUT2D eigenvalue weighted by molar-refractivity contribution is -0.229. The third-order valence-electron chi connectivity index (χ3n) is 7.69. The van der Waals surface area contributed by atoms with Crippen LogP contribution in [0.5, 0.6) is 0 Å². The van der Waals surface area contributed by atoms with Crippen molar-refractivity contribution in [2.45, 2.75) is 180 Å². The van der Waals surface area contributed by atoms with E-state index in [4.69, 9.17) is 9.47 Å². The molecule has 0 aromatic carbocycles. The fraction of sp³-hybridized carbons (Fsp3) is 0.941. The molecule has 0 spiro atoms. The van der Waals surface area contributed by atoms with Crippen molar-refractivity contribution in [1.29, 1.82) is 0 Å². The summed E-state index contributed by atoms with van der Waals surface area (Å²) < 4.78 is 31.1. The number of rotatable bonds is 34. The van der Waals surface area contributed by atoms with E-state index in [1.165, 1.54) is 89.9 Å². The van der Waals surface area contributed by atoms with Gasteiger partial charge < -0.3 is 39.8 Å². The van der Waals surface area contributed by atoms with Crippen LogP contribution >= 0.6 is 7.82 Å². The van der Waals surface area contributed by atoms with Gasteiger partial charge in [-0.05, 0) is 12.8 Å². The van der Waals surface area contributed by atoms with E-state index in [-0.39, 0.29) is 19.0 Å². The van der Waals surface area contributed by atoms with Gasteiger partial charge in [-0.25, -0.2) is 0 Å². The van der Waals surface area contributed by atoms with Gasteiger partial charge in [-0.2, -0.15) is 0 Å². The van der Waals surface area contributed by atoms with Crippen LogP contribution in [0.2, 0.25) is 0 Å². The van der Waals surface area contributed by atoms with Gasteiger partial charge in [-0.15, -0.1) is 0 Å². The van der Waals surface area contributed by atoms with Crippen molar-refractivity contribution in [3.63, 3.8) is 0 Å². The normalized spacial score (nSPS) is 13.8. The monoisotopic (exact) mass is 683 g/mol. The molecule has 0 saturated carbocycles. The van der Waals surface area contributed by atoms with E-state index in [1.807, 2.05) is 0 Å². The van der Waals surface area contributed by atoms with Gasteiger partial charge in [-0.1, -0.05) is 142 Å². The number of hydrogen-bond donors (Lipinski definition) is 3. The van der Waals surface area contributed by atoms with Crippen LogP contribution in [-0.4, -0.2) is 60.8 Å². The molecule has 0 aliphatic heterocycles. The number of ether oxygens (including phenoxy) is 2. The highest BCUT2D eigenvalue weighted by molar-refractivity contribution is 7.45. The van der Waals surface area contributed by atoms with Crippen LogP contribution in [0.1, 0.15) is 168 Å². The molecule has 0 saturated heterocycles. The average Bonchev–Trinajstić information content (AvgIpc) is 3.02. The molecule has 6 N–H and O–H groups in total. The third-order valence-corrected chi connectivity index (χ3v) is 8.62. The highest BCUT2D eigenvalue weighted by atomic mass is 31.2. The number of hydrogen-bond acceptors (Lipinski definition) is 10. The van der Waals surface area contributed by atoms with Crippen LogP contribution in [-0.2, 0) is 32.7 Å². The highest BCUT2D eigenvalue weighted by Crippen LogP contribution is 2.38. The van der Waals surface area contributed by atoms with Gasteiger partial charge in [0.05, 0.1) is 13.2 Å². The molecule has 0 bridgehead atoms. The van der Waals surface area contributed by atoms with Crippen molar-refractivity contribution < 1.29 is 47.8 Å². The standard InChI is InChI=1S/C34H67O10P.H3N/c1-3-5-7-9-11-13-15-17-19-21-23-25-33(37)41-27-31(35)29-43-45(39,40)44-30-32(36)28-42-34(38)26-24-22-20-18-16-14-12-10-8-6-4-2;/h31-32,35-36H,3-30H2,1-2H3,(H,39,40);1H3/t31-,32+;. The van der Waals surface area contributed by atoms with Crippen molar-refractivity contribution in [1.82, 2.24) is 6.15 Å². The minimum Gasteiger partial charge on any atom is -0.756 e. The quantitative estimate of drug-likeness (QED) is 0.0340. The van der Waals surface area contributed by atoms with Gasteiger partial charge in [0.2, 0.25) is 0 Å². The Morgan fingerprint density at radius 2 is 0.783 bits per heavy atom. The summed E-state index contributed by atoms with van der Waals surface area (Å²) in [5, 5.41) is 19.8. The van der Waals surface area contributed by atoms with E-state index in [0.717, 1.165) is 38.5 Å². The van der Waals surface area contributed by atoms with Crippen LogP contribution in [0, 0.1) is 0 Å². The van der Waals surface area contributed by atoms with E-state index < -0.39 is 58.4 Å². The number of aliphatic hydroxyl groups is 2. The molecule has 0 heterocycles. The zero-order valence-electron chi connectivity index (χ0n) is 29.6.